The van der Waals surface area contributed by atoms with E-state index in [2.05, 4.69) is 0 Å². The smallest absolute Gasteiger partial charge is 0.156 e. The molecule has 0 radical (unpaired) electrons. The third kappa shape index (κ3) is 3.72. The second-order valence-corrected chi connectivity index (χ2v) is 3.64. The standard InChI is InChI=1S/C10H12O3S/c1-13-10-6-4-9(5-7-10)3-2-8-14(11)12/h2-7H,8H2,1H3,(H,11,12)/b3-2+. The molecule has 14 heavy (non-hydrogen) atoms. The van der Waals surface area contributed by atoms with Gasteiger partial charge in [-0.2, -0.15) is 0 Å². The Morgan fingerprint density at radius 2 is 2.07 bits per heavy atom. The van der Waals surface area contributed by atoms with E-state index in [4.69, 9.17) is 9.29 Å². The summed E-state index contributed by atoms with van der Waals surface area (Å²) in [5.74, 6) is 0.958. The van der Waals surface area contributed by atoms with Crippen molar-refractivity contribution in [2.24, 2.45) is 0 Å². The minimum absolute atomic E-state index is 0.159. The summed E-state index contributed by atoms with van der Waals surface area (Å²) in [5.41, 5.74) is 0.983. The van der Waals surface area contributed by atoms with Gasteiger partial charge in [-0.1, -0.05) is 24.3 Å². The van der Waals surface area contributed by atoms with Crippen molar-refractivity contribution >= 4 is 17.2 Å². The molecule has 0 bridgehead atoms. The lowest BCUT2D eigenvalue weighted by Crippen LogP contribution is -1.89. The van der Waals surface area contributed by atoms with Gasteiger partial charge in [0.2, 0.25) is 0 Å². The summed E-state index contributed by atoms with van der Waals surface area (Å²) in [7, 11) is 1.61. The molecule has 1 aromatic carbocycles. The third-order valence-corrected chi connectivity index (χ3v) is 2.14. The Kier molecular flexibility index (Phi) is 4.35. The van der Waals surface area contributed by atoms with Crippen LogP contribution in [0.2, 0.25) is 0 Å². The fraction of sp³-hybridized carbons (Fsp3) is 0.200. The largest absolute Gasteiger partial charge is 0.497 e. The Hall–Kier alpha value is -1.13. The zero-order chi connectivity index (χ0) is 10.4. The maximum Gasteiger partial charge on any atom is 0.156 e. The first-order valence-electron chi connectivity index (χ1n) is 4.10. The molecule has 76 valence electrons. The maximum absolute atomic E-state index is 10.3. The number of ether oxygens (including phenoxy) is 1. The fourth-order valence-corrected chi connectivity index (χ4v) is 1.24. The van der Waals surface area contributed by atoms with Crippen molar-refractivity contribution in [3.8, 4) is 5.75 Å². The molecular weight excluding hydrogens is 200 g/mol. The van der Waals surface area contributed by atoms with Crippen molar-refractivity contribution in [3.05, 3.63) is 35.9 Å². The summed E-state index contributed by atoms with van der Waals surface area (Å²) in [6, 6.07) is 7.45. The summed E-state index contributed by atoms with van der Waals surface area (Å²) in [6.45, 7) is 0. The molecule has 1 N–H and O–H groups in total. The van der Waals surface area contributed by atoms with Gasteiger partial charge in [-0.05, 0) is 17.7 Å². The fourth-order valence-electron chi connectivity index (χ4n) is 0.982. The zero-order valence-electron chi connectivity index (χ0n) is 7.84. The minimum atomic E-state index is -1.76. The van der Waals surface area contributed by atoms with Gasteiger partial charge in [0.05, 0.1) is 12.9 Å². The Balaban J connectivity index is 2.59. The molecule has 0 aromatic heterocycles. The first kappa shape index (κ1) is 10.9. The lowest BCUT2D eigenvalue weighted by molar-refractivity contribution is 0.415. The van der Waals surface area contributed by atoms with Gasteiger partial charge in [0, 0.05) is 0 Å². The van der Waals surface area contributed by atoms with E-state index in [1.165, 1.54) is 0 Å². The van der Waals surface area contributed by atoms with Gasteiger partial charge in [0.15, 0.2) is 11.1 Å². The van der Waals surface area contributed by atoms with Gasteiger partial charge >= 0.3 is 0 Å². The molecule has 0 saturated carbocycles. The first-order valence-corrected chi connectivity index (χ1v) is 5.38. The van der Waals surface area contributed by atoms with Crippen molar-refractivity contribution in [1.82, 2.24) is 0 Å². The van der Waals surface area contributed by atoms with Crippen LogP contribution in [0.5, 0.6) is 5.75 Å². The predicted molar refractivity (Wildman–Crippen MR) is 57.7 cm³/mol. The van der Waals surface area contributed by atoms with E-state index >= 15 is 0 Å². The molecule has 0 heterocycles. The number of hydrogen-bond donors (Lipinski definition) is 1. The maximum atomic E-state index is 10.3. The first-order chi connectivity index (χ1) is 6.72. The highest BCUT2D eigenvalue weighted by Gasteiger charge is 1.90. The van der Waals surface area contributed by atoms with E-state index in [1.807, 2.05) is 24.3 Å². The van der Waals surface area contributed by atoms with Crippen LogP contribution in [0.4, 0.5) is 0 Å². The van der Waals surface area contributed by atoms with Crippen LogP contribution in [0.15, 0.2) is 30.3 Å². The molecule has 4 heteroatoms. The summed E-state index contributed by atoms with van der Waals surface area (Å²) in [4.78, 5) is 0. The second-order valence-electron chi connectivity index (χ2n) is 2.66. The molecule has 0 aliphatic rings. The number of benzene rings is 1. The lowest BCUT2D eigenvalue weighted by Gasteiger charge is -1.98. The SMILES string of the molecule is COc1ccc(/C=C/CS(=O)O)cc1. The quantitative estimate of drug-likeness (QED) is 0.776. The van der Waals surface area contributed by atoms with Crippen LogP contribution in [0, 0.1) is 0 Å². The Labute approximate surface area is 85.7 Å². The molecule has 1 atom stereocenters. The molecule has 0 fully saturated rings. The molecule has 0 spiro atoms. The second kappa shape index (κ2) is 5.57. The number of rotatable bonds is 4. The zero-order valence-corrected chi connectivity index (χ0v) is 8.66. The Morgan fingerprint density at radius 3 is 2.57 bits per heavy atom. The molecule has 1 aromatic rings. The van der Waals surface area contributed by atoms with Gasteiger partial charge in [-0.15, -0.1) is 0 Å². The van der Waals surface area contributed by atoms with Crippen molar-refractivity contribution in [2.75, 3.05) is 12.9 Å². The van der Waals surface area contributed by atoms with Gasteiger partial charge in [0.1, 0.15) is 5.75 Å². The molecule has 0 aliphatic carbocycles. The van der Waals surface area contributed by atoms with E-state index in [0.717, 1.165) is 11.3 Å². The van der Waals surface area contributed by atoms with Crippen LogP contribution in [-0.2, 0) is 11.1 Å². The summed E-state index contributed by atoms with van der Waals surface area (Å²) in [5, 5.41) is 0. The van der Waals surface area contributed by atoms with Crippen LogP contribution in [-0.4, -0.2) is 21.6 Å². The third-order valence-electron chi connectivity index (χ3n) is 1.66. The lowest BCUT2D eigenvalue weighted by atomic mass is 10.2. The van der Waals surface area contributed by atoms with Crippen LogP contribution in [0.25, 0.3) is 6.08 Å². The molecule has 0 aliphatic heterocycles. The average molecular weight is 212 g/mol. The Bertz CT molecular complexity index is 330. The van der Waals surface area contributed by atoms with Crippen molar-refractivity contribution in [1.29, 1.82) is 0 Å². The van der Waals surface area contributed by atoms with Crippen LogP contribution >= 0.6 is 0 Å². The topological polar surface area (TPSA) is 46.5 Å². The van der Waals surface area contributed by atoms with Crippen LogP contribution < -0.4 is 4.74 Å². The average Bonchev–Trinajstić information content (AvgIpc) is 2.18. The highest BCUT2D eigenvalue weighted by atomic mass is 32.2. The Morgan fingerprint density at radius 1 is 1.43 bits per heavy atom. The van der Waals surface area contributed by atoms with Crippen LogP contribution in [0.1, 0.15) is 5.56 Å². The van der Waals surface area contributed by atoms with Crippen molar-refractivity contribution < 1.29 is 13.5 Å². The monoisotopic (exact) mass is 212 g/mol. The number of methoxy groups -OCH3 is 1. The predicted octanol–water partition coefficient (Wildman–Crippen LogP) is 1.93. The highest BCUT2D eigenvalue weighted by Crippen LogP contribution is 2.12. The molecular formula is C10H12O3S. The molecule has 0 saturated heterocycles. The van der Waals surface area contributed by atoms with Crippen molar-refractivity contribution in [2.45, 2.75) is 0 Å². The van der Waals surface area contributed by atoms with E-state index in [9.17, 15) is 4.21 Å². The molecule has 1 unspecified atom stereocenters. The van der Waals surface area contributed by atoms with E-state index in [0.29, 0.717) is 0 Å². The van der Waals surface area contributed by atoms with Gasteiger partial charge in [-0.25, -0.2) is 4.21 Å². The van der Waals surface area contributed by atoms with E-state index in [-0.39, 0.29) is 5.75 Å². The van der Waals surface area contributed by atoms with E-state index < -0.39 is 11.1 Å². The molecule has 1 rings (SSSR count). The molecule has 3 nitrogen and oxygen atoms in total. The summed E-state index contributed by atoms with van der Waals surface area (Å²) in [6.07, 6.45) is 3.46. The molecule has 0 amide bonds. The summed E-state index contributed by atoms with van der Waals surface area (Å²) >= 11 is -1.76. The highest BCUT2D eigenvalue weighted by molar-refractivity contribution is 7.79. The van der Waals surface area contributed by atoms with Gasteiger partial charge in [0.25, 0.3) is 0 Å². The van der Waals surface area contributed by atoms with Crippen molar-refractivity contribution in [3.63, 3.8) is 0 Å². The van der Waals surface area contributed by atoms with E-state index in [1.54, 1.807) is 19.3 Å². The van der Waals surface area contributed by atoms with Gasteiger partial charge in [-0.3, -0.25) is 0 Å². The van der Waals surface area contributed by atoms with Crippen LogP contribution in [0.3, 0.4) is 0 Å². The number of hydrogen-bond acceptors (Lipinski definition) is 2. The van der Waals surface area contributed by atoms with Gasteiger partial charge < -0.3 is 9.29 Å². The normalized spacial score (nSPS) is 13.0. The summed E-state index contributed by atoms with van der Waals surface area (Å²) < 4.78 is 23.8. The minimum Gasteiger partial charge on any atom is -0.497 e.